The molecule has 2 saturated heterocycles. The first-order valence-electron chi connectivity index (χ1n) is 5.09. The van der Waals surface area contributed by atoms with E-state index < -0.39 is 0 Å². The van der Waals surface area contributed by atoms with Crippen molar-refractivity contribution in [3.05, 3.63) is 0 Å². The first-order valence-corrected chi connectivity index (χ1v) is 5.09. The highest BCUT2D eigenvalue weighted by Gasteiger charge is 2.41. The highest BCUT2D eigenvalue weighted by molar-refractivity contribution is 5.00. The molecule has 0 spiro atoms. The third-order valence-electron chi connectivity index (χ3n) is 3.25. The monoisotopic (exact) mass is 168 g/mol. The van der Waals surface area contributed by atoms with Crippen LogP contribution in [-0.4, -0.2) is 35.6 Å². The molecule has 2 aliphatic rings. The summed E-state index contributed by atoms with van der Waals surface area (Å²) in [5.74, 6) is 0. The van der Waals surface area contributed by atoms with Crippen LogP contribution in [0.1, 0.15) is 33.6 Å². The van der Waals surface area contributed by atoms with Gasteiger partial charge < -0.3 is 5.32 Å². The summed E-state index contributed by atoms with van der Waals surface area (Å²) in [6.45, 7) is 9.49. The topological polar surface area (TPSA) is 15.3 Å². The number of likely N-dealkylation sites (tertiary alicyclic amines) is 1. The van der Waals surface area contributed by atoms with Gasteiger partial charge in [-0.1, -0.05) is 0 Å². The van der Waals surface area contributed by atoms with Crippen LogP contribution in [0.5, 0.6) is 0 Å². The van der Waals surface area contributed by atoms with E-state index in [0.29, 0.717) is 5.54 Å². The van der Waals surface area contributed by atoms with Gasteiger partial charge in [-0.2, -0.15) is 0 Å². The Hall–Kier alpha value is -0.0800. The van der Waals surface area contributed by atoms with E-state index in [1.165, 1.54) is 25.9 Å². The van der Waals surface area contributed by atoms with Crippen LogP contribution in [0.15, 0.2) is 0 Å². The van der Waals surface area contributed by atoms with Gasteiger partial charge in [-0.15, -0.1) is 0 Å². The molecule has 70 valence electrons. The molecule has 2 rings (SSSR count). The van der Waals surface area contributed by atoms with Crippen molar-refractivity contribution in [2.45, 2.75) is 51.2 Å². The van der Waals surface area contributed by atoms with E-state index in [1.54, 1.807) is 0 Å². The second kappa shape index (κ2) is 2.71. The zero-order valence-corrected chi connectivity index (χ0v) is 8.43. The van der Waals surface area contributed by atoms with Gasteiger partial charge >= 0.3 is 0 Å². The molecule has 2 heterocycles. The highest BCUT2D eigenvalue weighted by atomic mass is 15.3. The van der Waals surface area contributed by atoms with E-state index in [2.05, 4.69) is 31.0 Å². The molecule has 0 bridgehead atoms. The number of nitrogens with one attached hydrogen (secondary N) is 1. The molecular weight excluding hydrogens is 148 g/mol. The van der Waals surface area contributed by atoms with Gasteiger partial charge in [-0.05, 0) is 40.2 Å². The van der Waals surface area contributed by atoms with E-state index in [-0.39, 0.29) is 0 Å². The fraction of sp³-hybridized carbons (Fsp3) is 1.00. The minimum atomic E-state index is 0.367. The normalized spacial score (nSPS) is 37.2. The van der Waals surface area contributed by atoms with Crippen LogP contribution in [0.3, 0.4) is 0 Å². The third-order valence-corrected chi connectivity index (χ3v) is 3.25. The fourth-order valence-electron chi connectivity index (χ4n) is 2.70. The maximum Gasteiger partial charge on any atom is 0.0267 e. The Morgan fingerprint density at radius 3 is 2.67 bits per heavy atom. The van der Waals surface area contributed by atoms with Crippen LogP contribution in [-0.2, 0) is 0 Å². The molecule has 0 radical (unpaired) electrons. The van der Waals surface area contributed by atoms with Crippen LogP contribution in [0.25, 0.3) is 0 Å². The molecule has 0 aromatic carbocycles. The molecule has 2 aliphatic heterocycles. The van der Waals surface area contributed by atoms with Crippen molar-refractivity contribution in [1.82, 2.24) is 10.2 Å². The zero-order chi connectivity index (χ0) is 8.77. The first kappa shape index (κ1) is 8.52. The van der Waals surface area contributed by atoms with Crippen LogP contribution in [0.2, 0.25) is 0 Å². The van der Waals surface area contributed by atoms with Gasteiger partial charge in [0.25, 0.3) is 0 Å². The van der Waals surface area contributed by atoms with E-state index >= 15 is 0 Å². The van der Waals surface area contributed by atoms with Crippen molar-refractivity contribution >= 4 is 0 Å². The lowest BCUT2D eigenvalue weighted by Crippen LogP contribution is -2.46. The molecule has 2 fully saturated rings. The van der Waals surface area contributed by atoms with E-state index in [4.69, 9.17) is 0 Å². The van der Waals surface area contributed by atoms with Crippen molar-refractivity contribution in [3.63, 3.8) is 0 Å². The maximum atomic E-state index is 3.58. The molecule has 2 unspecified atom stereocenters. The highest BCUT2D eigenvalue weighted by Crippen LogP contribution is 2.30. The van der Waals surface area contributed by atoms with Gasteiger partial charge in [0.2, 0.25) is 0 Å². The summed E-state index contributed by atoms with van der Waals surface area (Å²) >= 11 is 0. The fourth-order valence-corrected chi connectivity index (χ4v) is 2.70. The quantitative estimate of drug-likeness (QED) is 0.585. The average molecular weight is 168 g/mol. The largest absolute Gasteiger partial charge is 0.312 e. The summed E-state index contributed by atoms with van der Waals surface area (Å²) < 4.78 is 0. The number of nitrogens with zero attached hydrogens (tertiary/aromatic N) is 1. The molecule has 2 nitrogen and oxygen atoms in total. The predicted molar refractivity (Wildman–Crippen MR) is 51.3 cm³/mol. The number of hydrogen-bond acceptors (Lipinski definition) is 2. The Morgan fingerprint density at radius 2 is 2.00 bits per heavy atom. The summed E-state index contributed by atoms with van der Waals surface area (Å²) in [7, 11) is 0. The Morgan fingerprint density at radius 1 is 1.25 bits per heavy atom. The predicted octanol–water partition coefficient (Wildman–Crippen LogP) is 1.22. The Kier molecular flexibility index (Phi) is 1.92. The summed E-state index contributed by atoms with van der Waals surface area (Å²) in [6, 6.07) is 1.62. The lowest BCUT2D eigenvalue weighted by molar-refractivity contribution is 0.122. The average Bonchev–Trinajstić information content (AvgIpc) is 2.37. The van der Waals surface area contributed by atoms with Crippen molar-refractivity contribution in [1.29, 1.82) is 0 Å². The summed E-state index contributed by atoms with van der Waals surface area (Å²) in [5, 5.41) is 3.58. The van der Waals surface area contributed by atoms with Gasteiger partial charge in [-0.3, -0.25) is 4.90 Å². The first-order chi connectivity index (χ1) is 5.59. The molecule has 2 heteroatoms. The second-order valence-corrected chi connectivity index (χ2v) is 5.07. The van der Waals surface area contributed by atoms with Gasteiger partial charge in [0, 0.05) is 24.2 Å². The maximum absolute atomic E-state index is 3.58. The van der Waals surface area contributed by atoms with Crippen molar-refractivity contribution in [2.75, 3.05) is 13.1 Å². The Labute approximate surface area is 75.3 Å². The van der Waals surface area contributed by atoms with Crippen LogP contribution >= 0.6 is 0 Å². The summed E-state index contributed by atoms with van der Waals surface area (Å²) in [5.41, 5.74) is 0.367. The molecule has 2 atom stereocenters. The van der Waals surface area contributed by atoms with Gasteiger partial charge in [-0.25, -0.2) is 0 Å². The SMILES string of the molecule is CC(C)(C)N1CCC2NCCC21. The smallest absolute Gasteiger partial charge is 0.0267 e. The summed E-state index contributed by atoms with van der Waals surface area (Å²) in [6.07, 6.45) is 2.70. The third kappa shape index (κ3) is 1.27. The number of rotatable bonds is 0. The van der Waals surface area contributed by atoms with Crippen molar-refractivity contribution < 1.29 is 0 Å². The minimum absolute atomic E-state index is 0.367. The van der Waals surface area contributed by atoms with Crippen LogP contribution in [0, 0.1) is 0 Å². The van der Waals surface area contributed by atoms with E-state index in [0.717, 1.165) is 12.1 Å². The zero-order valence-electron chi connectivity index (χ0n) is 8.43. The number of hydrogen-bond donors (Lipinski definition) is 1. The molecule has 0 aromatic heterocycles. The second-order valence-electron chi connectivity index (χ2n) is 5.07. The van der Waals surface area contributed by atoms with E-state index in [1.807, 2.05) is 0 Å². The Bertz CT molecular complexity index is 171. The number of fused-ring (bicyclic) bond motifs is 1. The minimum Gasteiger partial charge on any atom is -0.312 e. The summed E-state index contributed by atoms with van der Waals surface area (Å²) in [4.78, 5) is 2.66. The molecule has 0 saturated carbocycles. The van der Waals surface area contributed by atoms with Gasteiger partial charge in [0.1, 0.15) is 0 Å². The van der Waals surface area contributed by atoms with Crippen LogP contribution < -0.4 is 5.32 Å². The standard InChI is InChI=1S/C10H20N2/c1-10(2,3)12-7-5-8-9(12)4-6-11-8/h8-9,11H,4-7H2,1-3H3. The van der Waals surface area contributed by atoms with Crippen LogP contribution in [0.4, 0.5) is 0 Å². The van der Waals surface area contributed by atoms with E-state index in [9.17, 15) is 0 Å². The molecule has 1 N–H and O–H groups in total. The molecule has 12 heavy (non-hydrogen) atoms. The molecule has 0 amide bonds. The molecule has 0 aromatic rings. The Balaban J connectivity index is 2.09. The van der Waals surface area contributed by atoms with Gasteiger partial charge in [0.15, 0.2) is 0 Å². The lowest BCUT2D eigenvalue weighted by Gasteiger charge is -2.36. The van der Waals surface area contributed by atoms with Crippen molar-refractivity contribution in [3.8, 4) is 0 Å². The van der Waals surface area contributed by atoms with Crippen molar-refractivity contribution in [2.24, 2.45) is 0 Å². The molecular formula is C10H20N2. The lowest BCUT2D eigenvalue weighted by atomic mass is 10.0. The molecule has 0 aliphatic carbocycles. The van der Waals surface area contributed by atoms with Gasteiger partial charge in [0.05, 0.1) is 0 Å².